The molecule has 11 heteroatoms. The normalized spacial score (nSPS) is 14.1. The van der Waals surface area contributed by atoms with Crippen LogP contribution in [0.2, 0.25) is 0 Å². The van der Waals surface area contributed by atoms with E-state index in [9.17, 15) is 0 Å². The van der Waals surface area contributed by atoms with Crippen molar-refractivity contribution in [2.24, 2.45) is 16.0 Å². The predicted octanol–water partition coefficient (Wildman–Crippen LogP) is 1.70. The average Bonchev–Trinajstić information content (AvgIpc) is 3.15. The third-order valence-electron chi connectivity index (χ3n) is 2.32. The molecule has 2 aliphatic heterocycles. The molecule has 0 saturated carbocycles. The van der Waals surface area contributed by atoms with Crippen LogP contribution < -0.4 is 21.4 Å². The molecule has 2 aromatic carbocycles. The van der Waals surface area contributed by atoms with Gasteiger partial charge in [-0.25, -0.2) is 0 Å². The molecule has 0 unspecified atom stereocenters. The second-order valence-corrected chi connectivity index (χ2v) is 25.7. The van der Waals surface area contributed by atoms with E-state index in [4.69, 9.17) is 37.7 Å². The van der Waals surface area contributed by atoms with Crippen LogP contribution in [-0.2, 0) is 11.9 Å². The van der Waals surface area contributed by atoms with Gasteiger partial charge in [-0.1, -0.05) is 0 Å². The first-order valence-electron chi connectivity index (χ1n) is 5.76. The van der Waals surface area contributed by atoms with Gasteiger partial charge in [0.2, 0.25) is 0 Å². The topological polar surface area (TPSA) is 49.4 Å². The van der Waals surface area contributed by atoms with Crippen LogP contribution in [0.5, 0.6) is 0 Å². The Labute approximate surface area is 164 Å². The van der Waals surface area contributed by atoms with Crippen molar-refractivity contribution in [1.82, 2.24) is 0 Å². The Hall–Kier alpha value is 0.527. The third kappa shape index (κ3) is 7.96. The number of fused-ring (bicyclic) bond motifs is 2. The van der Waals surface area contributed by atoms with Crippen molar-refractivity contribution in [2.45, 2.75) is 0 Å². The van der Waals surface area contributed by atoms with E-state index in [-0.39, 0.29) is 30.8 Å². The maximum absolute atomic E-state index is 5.01. The quantitative estimate of drug-likeness (QED) is 0.376. The van der Waals surface area contributed by atoms with E-state index in [2.05, 4.69) is 16.0 Å². The van der Waals surface area contributed by atoms with E-state index < -0.39 is 11.9 Å². The van der Waals surface area contributed by atoms with Gasteiger partial charge in [0.05, 0.1) is 0 Å². The Morgan fingerprint density at radius 1 is 0.565 bits per heavy atom. The van der Waals surface area contributed by atoms with Gasteiger partial charge in [-0.2, -0.15) is 0 Å². The fourth-order valence-electron chi connectivity index (χ4n) is 1.45. The fourth-order valence-corrected chi connectivity index (χ4v) is 3.66. The summed E-state index contributed by atoms with van der Waals surface area (Å²) >= 11 is -2.80. The zero-order chi connectivity index (χ0) is 16.7. The van der Waals surface area contributed by atoms with Crippen LogP contribution in [0.4, 0.5) is 0 Å². The van der Waals surface area contributed by atoms with Gasteiger partial charge in [-0.3, -0.25) is 0 Å². The summed E-state index contributed by atoms with van der Waals surface area (Å²) in [7, 11) is 20.0. The molecule has 2 aliphatic rings. The first-order chi connectivity index (χ1) is 10.9. The van der Waals surface area contributed by atoms with Crippen LogP contribution in [0.1, 0.15) is 0 Å². The molecular weight excluding hydrogens is 695 g/mol. The van der Waals surface area contributed by atoms with Crippen molar-refractivity contribution < 1.29 is 11.9 Å². The third-order valence-corrected chi connectivity index (χ3v) is 4.66. The van der Waals surface area contributed by atoms with Gasteiger partial charge in [-0.15, -0.1) is 0 Å². The molecule has 4 nitrogen and oxygen atoms in total. The summed E-state index contributed by atoms with van der Waals surface area (Å²) in [5.41, 5.74) is 0. The van der Waals surface area contributed by atoms with Gasteiger partial charge in [0.25, 0.3) is 0 Å². The second-order valence-electron chi connectivity index (χ2n) is 3.78. The Kier molecular flexibility index (Phi) is 8.51. The van der Waals surface area contributed by atoms with E-state index in [1.165, 1.54) is 0 Å². The molecule has 2 radical (unpaired) electrons. The van der Waals surface area contributed by atoms with E-state index in [0.717, 1.165) is 21.4 Å². The maximum atomic E-state index is 5.01. The predicted molar refractivity (Wildman–Crippen MR) is 92.4 cm³/mol. The van der Waals surface area contributed by atoms with E-state index in [0.29, 0.717) is 0 Å². The van der Waals surface area contributed by atoms with Crippen molar-refractivity contribution in [2.75, 3.05) is 0 Å². The van der Waals surface area contributed by atoms with Crippen LogP contribution >= 0.6 is 37.7 Å². The van der Waals surface area contributed by atoms with Gasteiger partial charge in [0.1, 0.15) is 0 Å². The molecule has 0 atom stereocenters. The summed E-state index contributed by atoms with van der Waals surface area (Å²) in [6.45, 7) is 0. The van der Waals surface area contributed by atoms with E-state index in [1.807, 2.05) is 48.5 Å². The Balaban J connectivity index is 0.000000132. The van der Waals surface area contributed by atoms with Crippen molar-refractivity contribution >= 4 is 68.5 Å². The zero-order valence-corrected chi connectivity index (χ0v) is 19.8. The SMILES string of the molecule is [Cl][Pt]([Cl])([Cl])[Cl].c1ccc2c(c1)=N[Se+]N=2.c1ccc2c(c1)=N[Se+]N=2. The summed E-state index contributed by atoms with van der Waals surface area (Å²) in [5.74, 6) is 0. The number of halogens is 4. The van der Waals surface area contributed by atoms with Gasteiger partial charge in [0, 0.05) is 0 Å². The fraction of sp³-hybridized carbons (Fsp3) is 0. The summed E-state index contributed by atoms with van der Waals surface area (Å²) in [6, 6.07) is 15.9. The minimum atomic E-state index is -3.06. The van der Waals surface area contributed by atoms with Crippen LogP contribution in [0.3, 0.4) is 0 Å². The molecular formula is C12H8Cl4N4PtSe2+2. The summed E-state index contributed by atoms with van der Waals surface area (Å²) in [5, 5.41) is 4.21. The van der Waals surface area contributed by atoms with E-state index >= 15 is 0 Å². The van der Waals surface area contributed by atoms with E-state index in [1.54, 1.807) is 0 Å². The van der Waals surface area contributed by atoms with Crippen molar-refractivity contribution in [1.29, 1.82) is 0 Å². The molecule has 23 heavy (non-hydrogen) atoms. The molecule has 0 amide bonds. The first-order valence-corrected chi connectivity index (χ1v) is 20.1. The summed E-state index contributed by atoms with van der Waals surface area (Å²) in [6.07, 6.45) is 0. The molecule has 0 aliphatic carbocycles. The monoisotopic (exact) mass is 703 g/mol. The van der Waals surface area contributed by atoms with Gasteiger partial charge >= 0.3 is 166 Å². The molecule has 0 N–H and O–H groups in total. The van der Waals surface area contributed by atoms with Crippen molar-refractivity contribution in [3.63, 3.8) is 0 Å². The molecule has 0 aromatic heterocycles. The van der Waals surface area contributed by atoms with Crippen LogP contribution in [0.25, 0.3) is 0 Å². The van der Waals surface area contributed by atoms with Crippen molar-refractivity contribution in [3.8, 4) is 0 Å². The average molecular weight is 703 g/mol. The molecule has 124 valence electrons. The van der Waals surface area contributed by atoms with Gasteiger partial charge < -0.3 is 0 Å². The molecule has 0 fully saturated rings. The molecule has 2 aromatic rings. The molecule has 4 rings (SSSR count). The first kappa shape index (κ1) is 19.8. The Morgan fingerprint density at radius 3 is 1.00 bits per heavy atom. The zero-order valence-electron chi connectivity index (χ0n) is 11.1. The number of benzene rings is 2. The summed E-state index contributed by atoms with van der Waals surface area (Å²) < 4.78 is 16.8. The Bertz CT molecular complexity index is 763. The number of rotatable bonds is 0. The van der Waals surface area contributed by atoms with Gasteiger partial charge in [-0.05, 0) is 0 Å². The molecule has 0 saturated heterocycles. The molecule has 0 bridgehead atoms. The minimum absolute atomic E-state index is 0.129. The number of hydrogen-bond donors (Lipinski definition) is 0. The number of nitrogens with zero attached hydrogens (tertiary/aromatic N) is 4. The van der Waals surface area contributed by atoms with Crippen LogP contribution in [0.15, 0.2) is 64.6 Å². The second kappa shape index (κ2) is 9.87. The Morgan fingerprint density at radius 2 is 0.783 bits per heavy atom. The standard InChI is InChI=1S/2C6H4N2Se.4ClH.Pt/c2*1-2-4-6-5(3-1)7-9-8-6;;;;;/h2*1-4H;4*1H;/q2*+1;;;;;+4/p-4. The van der Waals surface area contributed by atoms with Crippen LogP contribution in [-0.4, -0.2) is 30.8 Å². The van der Waals surface area contributed by atoms with Crippen molar-refractivity contribution in [3.05, 3.63) is 70.0 Å². The molecule has 2 heterocycles. The van der Waals surface area contributed by atoms with Gasteiger partial charge in [0.15, 0.2) is 0 Å². The number of hydrogen-bond acceptors (Lipinski definition) is 4. The summed E-state index contributed by atoms with van der Waals surface area (Å²) in [4.78, 5) is 0. The molecule has 0 spiro atoms. The van der Waals surface area contributed by atoms with Crippen LogP contribution in [0, 0.1) is 0 Å².